The lowest BCUT2D eigenvalue weighted by atomic mass is 9.60. The number of hydrogen-bond donors (Lipinski definition) is 0. The van der Waals surface area contributed by atoms with Crippen LogP contribution >= 0.6 is 23.2 Å². The van der Waals surface area contributed by atoms with Crippen molar-refractivity contribution in [3.63, 3.8) is 0 Å². The van der Waals surface area contributed by atoms with E-state index in [1.54, 1.807) is 7.11 Å². The quantitative estimate of drug-likeness (QED) is 0.716. The number of ether oxygens (including phenoxy) is 1. The molecule has 5 rings (SSSR count). The van der Waals surface area contributed by atoms with Crippen molar-refractivity contribution in [2.45, 2.75) is 22.3 Å². The van der Waals surface area contributed by atoms with E-state index in [-0.39, 0.29) is 16.7 Å². The van der Waals surface area contributed by atoms with Crippen LogP contribution in [0.5, 0.6) is 0 Å². The highest BCUT2D eigenvalue weighted by atomic mass is 35.5. The summed E-state index contributed by atoms with van der Waals surface area (Å²) in [5, 5.41) is -0.439. The third-order valence-corrected chi connectivity index (χ3v) is 5.91. The predicted molar refractivity (Wildman–Crippen MR) is 81.8 cm³/mol. The second kappa shape index (κ2) is 4.24. The Morgan fingerprint density at radius 3 is 1.90 bits per heavy atom. The van der Waals surface area contributed by atoms with Crippen molar-refractivity contribution >= 4 is 23.2 Å². The minimum atomic E-state index is -0.643. The maximum atomic E-state index is 6.72. The Morgan fingerprint density at radius 2 is 1.40 bits per heavy atom. The van der Waals surface area contributed by atoms with Gasteiger partial charge in [0.25, 0.3) is 0 Å². The molecule has 0 spiro atoms. The largest absolute Gasteiger partial charge is 0.367 e. The molecule has 3 heteroatoms. The average molecular weight is 305 g/mol. The summed E-state index contributed by atoms with van der Waals surface area (Å²) in [5.74, 6) is 0.142. The Hall–Kier alpha value is -1.02. The Labute approximate surface area is 128 Å². The maximum absolute atomic E-state index is 6.72. The molecule has 0 amide bonds. The normalized spacial score (nSPS) is 33.6. The summed E-state index contributed by atoms with van der Waals surface area (Å²) in [4.78, 5) is 0. The van der Waals surface area contributed by atoms with Crippen LogP contribution in [0.15, 0.2) is 48.5 Å². The molecule has 0 fully saturated rings. The molecule has 3 aliphatic carbocycles. The molecule has 2 atom stereocenters. The van der Waals surface area contributed by atoms with Gasteiger partial charge in [0.2, 0.25) is 0 Å². The van der Waals surface area contributed by atoms with Crippen molar-refractivity contribution in [2.75, 3.05) is 7.11 Å². The molecule has 0 radical (unpaired) electrons. The average Bonchev–Trinajstić information content (AvgIpc) is 2.50. The van der Waals surface area contributed by atoms with Crippen LogP contribution in [0.25, 0.3) is 0 Å². The Kier molecular flexibility index (Phi) is 2.69. The summed E-state index contributed by atoms with van der Waals surface area (Å²) < 4.78 is 5.99. The fraction of sp³-hybridized carbons (Fsp3) is 0.294. The number of alkyl halides is 2. The Balaban J connectivity index is 2.14. The predicted octanol–water partition coefficient (Wildman–Crippen LogP) is 4.25. The summed E-state index contributed by atoms with van der Waals surface area (Å²) in [6.45, 7) is 0. The lowest BCUT2D eigenvalue weighted by Crippen LogP contribution is -2.55. The first-order valence-corrected chi connectivity index (χ1v) is 7.61. The fourth-order valence-electron chi connectivity index (χ4n) is 3.89. The molecule has 2 bridgehead atoms. The molecular weight excluding hydrogens is 291 g/mol. The van der Waals surface area contributed by atoms with E-state index in [1.165, 1.54) is 11.1 Å². The Bertz CT molecular complexity index is 635. The van der Waals surface area contributed by atoms with Crippen LogP contribution in [0.3, 0.4) is 0 Å². The topological polar surface area (TPSA) is 9.23 Å². The maximum Gasteiger partial charge on any atom is 0.136 e. The highest BCUT2D eigenvalue weighted by Gasteiger charge is 2.58. The molecule has 0 heterocycles. The number of benzene rings is 2. The molecule has 0 aromatic heterocycles. The van der Waals surface area contributed by atoms with Crippen LogP contribution in [0.1, 0.15) is 28.2 Å². The van der Waals surface area contributed by atoms with Crippen LogP contribution in [0.2, 0.25) is 0 Å². The second-order valence-electron chi connectivity index (χ2n) is 5.44. The van der Waals surface area contributed by atoms with E-state index in [0.717, 1.165) is 11.1 Å². The summed E-state index contributed by atoms with van der Waals surface area (Å²) in [7, 11) is 1.72. The molecular formula is C17H14Cl2O. The number of halogens is 2. The van der Waals surface area contributed by atoms with E-state index in [4.69, 9.17) is 27.9 Å². The second-order valence-corrected chi connectivity index (χ2v) is 6.41. The van der Waals surface area contributed by atoms with Crippen LogP contribution in [0.4, 0.5) is 0 Å². The summed E-state index contributed by atoms with van der Waals surface area (Å²) in [5.41, 5.74) is 4.15. The molecule has 20 heavy (non-hydrogen) atoms. The molecule has 0 saturated carbocycles. The van der Waals surface area contributed by atoms with Crippen molar-refractivity contribution in [3.8, 4) is 0 Å². The standard InChI is InChI=1S/C17H14Cl2O/c1-20-17-12-8-4-2-6-10(12)14(15(18)16(17)19)11-7-3-5-9-13(11)17/h2-9,14-16H,1H3/t14?,15-,16+,17?/m1/s1. The summed E-state index contributed by atoms with van der Waals surface area (Å²) in [6, 6.07) is 16.7. The van der Waals surface area contributed by atoms with E-state index in [1.807, 2.05) is 12.1 Å². The van der Waals surface area contributed by atoms with E-state index in [2.05, 4.69) is 36.4 Å². The van der Waals surface area contributed by atoms with Crippen LogP contribution in [-0.2, 0) is 10.3 Å². The molecule has 102 valence electrons. The third-order valence-electron chi connectivity index (χ3n) is 4.70. The van der Waals surface area contributed by atoms with Crippen molar-refractivity contribution in [1.29, 1.82) is 0 Å². The zero-order chi connectivity index (χ0) is 13.9. The highest BCUT2D eigenvalue weighted by molar-refractivity contribution is 6.32. The number of rotatable bonds is 1. The van der Waals surface area contributed by atoms with E-state index in [0.29, 0.717) is 0 Å². The molecule has 0 unspecified atom stereocenters. The highest BCUT2D eigenvalue weighted by Crippen LogP contribution is 2.59. The molecule has 2 aromatic carbocycles. The zero-order valence-electron chi connectivity index (χ0n) is 11.0. The van der Waals surface area contributed by atoms with Gasteiger partial charge in [-0.05, 0) is 22.3 Å². The van der Waals surface area contributed by atoms with E-state index < -0.39 is 5.60 Å². The third kappa shape index (κ3) is 1.29. The van der Waals surface area contributed by atoms with Gasteiger partial charge < -0.3 is 4.74 Å². The molecule has 3 aliphatic rings. The van der Waals surface area contributed by atoms with E-state index >= 15 is 0 Å². The van der Waals surface area contributed by atoms with Crippen LogP contribution in [0, 0.1) is 0 Å². The van der Waals surface area contributed by atoms with Crippen LogP contribution in [-0.4, -0.2) is 17.9 Å². The first-order valence-electron chi connectivity index (χ1n) is 6.74. The van der Waals surface area contributed by atoms with Crippen LogP contribution < -0.4 is 0 Å². The van der Waals surface area contributed by atoms with Crippen molar-refractivity contribution in [1.82, 2.24) is 0 Å². The minimum absolute atomic E-state index is 0.142. The number of fused-ring (bicyclic) bond motifs is 1. The van der Waals surface area contributed by atoms with E-state index in [9.17, 15) is 0 Å². The summed E-state index contributed by atoms with van der Waals surface area (Å²) >= 11 is 13.4. The molecule has 0 N–H and O–H groups in total. The SMILES string of the molecule is COC12c3ccccc3C(c3ccccc31)[C@@H](Cl)[C@@H]2Cl. The first kappa shape index (κ1) is 12.7. The van der Waals surface area contributed by atoms with Crippen molar-refractivity contribution < 1.29 is 4.74 Å². The van der Waals surface area contributed by atoms with Gasteiger partial charge in [-0.1, -0.05) is 48.5 Å². The van der Waals surface area contributed by atoms with Gasteiger partial charge in [-0.2, -0.15) is 0 Å². The lowest BCUT2D eigenvalue weighted by molar-refractivity contribution is 0.00209. The van der Waals surface area contributed by atoms with Gasteiger partial charge in [-0.15, -0.1) is 23.2 Å². The zero-order valence-corrected chi connectivity index (χ0v) is 12.5. The lowest BCUT2D eigenvalue weighted by Gasteiger charge is -2.53. The summed E-state index contributed by atoms with van der Waals surface area (Å²) in [6.07, 6.45) is 0. The molecule has 2 aromatic rings. The smallest absolute Gasteiger partial charge is 0.136 e. The van der Waals surface area contributed by atoms with Gasteiger partial charge in [-0.25, -0.2) is 0 Å². The fourth-order valence-corrected chi connectivity index (χ4v) is 4.81. The van der Waals surface area contributed by atoms with Crippen molar-refractivity contribution in [2.24, 2.45) is 0 Å². The minimum Gasteiger partial charge on any atom is -0.367 e. The monoisotopic (exact) mass is 304 g/mol. The van der Waals surface area contributed by atoms with Gasteiger partial charge in [0.05, 0.1) is 10.8 Å². The molecule has 0 aliphatic heterocycles. The van der Waals surface area contributed by atoms with Crippen molar-refractivity contribution in [3.05, 3.63) is 70.8 Å². The first-order chi connectivity index (χ1) is 9.71. The number of hydrogen-bond acceptors (Lipinski definition) is 1. The Morgan fingerprint density at radius 1 is 0.900 bits per heavy atom. The van der Waals surface area contributed by atoms with Gasteiger partial charge in [0, 0.05) is 13.0 Å². The van der Waals surface area contributed by atoms with Gasteiger partial charge in [0.15, 0.2) is 0 Å². The molecule has 0 saturated heterocycles. The molecule has 1 nitrogen and oxygen atoms in total. The van der Waals surface area contributed by atoms with Gasteiger partial charge in [0.1, 0.15) is 5.60 Å². The van der Waals surface area contributed by atoms with Gasteiger partial charge in [-0.3, -0.25) is 0 Å². The number of methoxy groups -OCH3 is 1. The van der Waals surface area contributed by atoms with Gasteiger partial charge >= 0.3 is 0 Å².